The Morgan fingerprint density at radius 2 is 2.20 bits per heavy atom. The fourth-order valence-corrected chi connectivity index (χ4v) is 5.47. The average molecular weight is 434 g/mol. The molecule has 0 aromatic carbocycles. The van der Waals surface area contributed by atoms with Gasteiger partial charge in [0.1, 0.15) is 18.6 Å². The van der Waals surface area contributed by atoms with Gasteiger partial charge >= 0.3 is 0 Å². The third-order valence-electron chi connectivity index (χ3n) is 6.59. The number of hydrogen-bond donors (Lipinski definition) is 5. The third-order valence-corrected chi connectivity index (χ3v) is 7.95. The number of hydrogen-bond acceptors (Lipinski definition) is 9. The normalized spacial score (nSPS) is 38.5. The van der Waals surface area contributed by atoms with Crippen molar-refractivity contribution in [3.8, 4) is 0 Å². The van der Waals surface area contributed by atoms with Gasteiger partial charge in [0.15, 0.2) is 4.99 Å². The first kappa shape index (κ1) is 20.0. The van der Waals surface area contributed by atoms with Gasteiger partial charge < -0.3 is 31.3 Å². The summed E-state index contributed by atoms with van der Waals surface area (Å²) < 4.78 is 5.45. The zero-order chi connectivity index (χ0) is 21.0. The highest BCUT2D eigenvalue weighted by molar-refractivity contribution is 8.08. The zero-order valence-electron chi connectivity index (χ0n) is 17.4. The minimum Gasteiger partial charge on any atom is -0.384 e. The summed E-state index contributed by atoms with van der Waals surface area (Å²) in [5.41, 5.74) is 14.3. The topological polar surface area (TPSA) is 121 Å². The fraction of sp³-hybridized carbons (Fsp3) is 0.650. The molecule has 7 N–H and O–H groups in total. The summed E-state index contributed by atoms with van der Waals surface area (Å²) in [6, 6.07) is -0.476. The molecule has 6 atom stereocenters. The monoisotopic (exact) mass is 433 g/mol. The van der Waals surface area contributed by atoms with Crippen molar-refractivity contribution < 1.29 is 9.53 Å². The first-order valence-electron chi connectivity index (χ1n) is 10.5. The SMILES string of the molecule is C[C@H](NC1=C(N)N(C)COC1)C(=O)NC1(N)S[C@@H]1C1=CNC(N2CC3CC3C2)C=C1. The molecular formula is C20H31N7O2S. The lowest BCUT2D eigenvalue weighted by Crippen LogP contribution is -2.53. The molecule has 3 fully saturated rings. The lowest BCUT2D eigenvalue weighted by molar-refractivity contribution is -0.123. The number of rotatable bonds is 6. The van der Waals surface area contributed by atoms with Gasteiger partial charge in [-0.3, -0.25) is 15.4 Å². The summed E-state index contributed by atoms with van der Waals surface area (Å²) in [4.78, 5) is 16.2. The maximum atomic E-state index is 12.7. The van der Waals surface area contributed by atoms with Crippen LogP contribution in [0.3, 0.4) is 0 Å². The minimum atomic E-state index is -0.785. The molecule has 10 heteroatoms. The summed E-state index contributed by atoms with van der Waals surface area (Å²) in [6.45, 7) is 4.98. The van der Waals surface area contributed by atoms with Gasteiger partial charge in [-0.25, -0.2) is 0 Å². The number of ether oxygens (including phenoxy) is 1. The molecule has 1 amide bonds. The highest BCUT2D eigenvalue weighted by atomic mass is 32.2. The number of allylic oxidation sites excluding steroid dienone is 1. The van der Waals surface area contributed by atoms with Crippen LogP contribution >= 0.6 is 11.8 Å². The van der Waals surface area contributed by atoms with E-state index >= 15 is 0 Å². The van der Waals surface area contributed by atoms with E-state index in [4.69, 9.17) is 16.2 Å². The van der Waals surface area contributed by atoms with Gasteiger partial charge in [-0.2, -0.15) is 0 Å². The van der Waals surface area contributed by atoms with E-state index < -0.39 is 11.0 Å². The van der Waals surface area contributed by atoms with Crippen LogP contribution in [-0.4, -0.2) is 71.6 Å². The predicted octanol–water partition coefficient (Wildman–Crippen LogP) is -0.823. The number of thioether (sulfide) groups is 1. The van der Waals surface area contributed by atoms with E-state index in [1.54, 1.807) is 23.6 Å². The van der Waals surface area contributed by atoms with Gasteiger partial charge in [0, 0.05) is 26.3 Å². The van der Waals surface area contributed by atoms with Crippen molar-refractivity contribution >= 4 is 17.7 Å². The van der Waals surface area contributed by atoms with Crippen molar-refractivity contribution in [3.05, 3.63) is 35.4 Å². The Bertz CT molecular complexity index is 820. The number of nitrogens with one attached hydrogen (secondary N) is 3. The largest absolute Gasteiger partial charge is 0.384 e. The van der Waals surface area contributed by atoms with Crippen molar-refractivity contribution in [2.24, 2.45) is 23.3 Å². The Morgan fingerprint density at radius 3 is 2.90 bits per heavy atom. The standard InChI is InChI=1S/C20H31N7O2S/c1-11(24-15-9-29-10-26(2)18(15)21)19(28)25-20(22)17(30-20)12-3-4-16(23-6-12)27-7-13-5-14(13)8-27/h3-4,6,11,13-14,16-17,23-24H,5,7-10,21-22H2,1-2H3,(H,25,28)/t11-,13?,14?,16?,17+,20?/m0/s1. The van der Waals surface area contributed by atoms with Crippen LogP contribution in [0.15, 0.2) is 35.4 Å². The summed E-state index contributed by atoms with van der Waals surface area (Å²) in [7, 11) is 1.84. The van der Waals surface area contributed by atoms with E-state index in [2.05, 4.69) is 39.2 Å². The summed E-state index contributed by atoms with van der Waals surface area (Å²) in [5.74, 6) is 2.26. The van der Waals surface area contributed by atoms with Crippen LogP contribution < -0.4 is 27.4 Å². The highest BCUT2D eigenvalue weighted by Gasteiger charge is 2.56. The van der Waals surface area contributed by atoms with Gasteiger partial charge in [0.25, 0.3) is 0 Å². The van der Waals surface area contributed by atoms with Crippen molar-refractivity contribution in [1.29, 1.82) is 0 Å². The van der Waals surface area contributed by atoms with E-state index in [-0.39, 0.29) is 17.3 Å². The van der Waals surface area contributed by atoms with Crippen LogP contribution in [0.2, 0.25) is 0 Å². The summed E-state index contributed by atoms with van der Waals surface area (Å²) in [6.07, 6.45) is 8.08. The first-order chi connectivity index (χ1) is 14.3. The Balaban J connectivity index is 1.13. The van der Waals surface area contributed by atoms with Crippen molar-refractivity contribution in [2.75, 3.05) is 33.5 Å². The lowest BCUT2D eigenvalue weighted by Gasteiger charge is -2.30. The van der Waals surface area contributed by atoms with Gasteiger partial charge in [0.2, 0.25) is 5.91 Å². The summed E-state index contributed by atoms with van der Waals surface area (Å²) in [5, 5.41) is 9.67. The Labute approximate surface area is 181 Å². The fourth-order valence-electron chi connectivity index (χ4n) is 4.51. The minimum absolute atomic E-state index is 0.0405. The second-order valence-corrected chi connectivity index (χ2v) is 10.4. The number of nitrogens with zero attached hydrogens (tertiary/aromatic N) is 2. The molecule has 1 saturated carbocycles. The van der Waals surface area contributed by atoms with Gasteiger partial charge in [-0.1, -0.05) is 6.08 Å². The first-order valence-corrected chi connectivity index (χ1v) is 11.4. The Morgan fingerprint density at radius 1 is 1.43 bits per heavy atom. The van der Waals surface area contributed by atoms with Crippen LogP contribution in [0.5, 0.6) is 0 Å². The van der Waals surface area contributed by atoms with E-state index in [0.29, 0.717) is 24.9 Å². The van der Waals surface area contributed by atoms with E-state index in [1.165, 1.54) is 19.5 Å². The van der Waals surface area contributed by atoms with Crippen LogP contribution in [0.4, 0.5) is 0 Å². The number of likely N-dealkylation sites (tertiary alicyclic amines) is 1. The van der Waals surface area contributed by atoms with Gasteiger partial charge in [0.05, 0.1) is 23.7 Å². The average Bonchev–Trinajstić information content (AvgIpc) is 3.59. The highest BCUT2D eigenvalue weighted by Crippen LogP contribution is 2.52. The van der Waals surface area contributed by atoms with Crippen LogP contribution in [0.25, 0.3) is 0 Å². The number of nitrogens with two attached hydrogens (primary N) is 2. The quantitative estimate of drug-likeness (QED) is 0.270. The number of carbonyl (C=O) groups is 1. The smallest absolute Gasteiger partial charge is 0.244 e. The maximum absolute atomic E-state index is 12.7. The molecule has 30 heavy (non-hydrogen) atoms. The van der Waals surface area contributed by atoms with Crippen molar-refractivity contribution in [3.63, 3.8) is 0 Å². The number of carbonyl (C=O) groups excluding carboxylic acids is 1. The van der Waals surface area contributed by atoms with E-state index in [0.717, 1.165) is 17.4 Å². The Hall–Kier alpha value is -1.88. The molecule has 164 valence electrons. The summed E-state index contributed by atoms with van der Waals surface area (Å²) >= 11 is 1.55. The van der Waals surface area contributed by atoms with Crippen molar-refractivity contribution in [1.82, 2.24) is 25.8 Å². The molecule has 0 bridgehead atoms. The second kappa shape index (κ2) is 7.37. The molecular weight excluding hydrogens is 402 g/mol. The zero-order valence-corrected chi connectivity index (χ0v) is 18.2. The van der Waals surface area contributed by atoms with E-state index in [1.807, 2.05) is 7.05 Å². The maximum Gasteiger partial charge on any atom is 0.244 e. The van der Waals surface area contributed by atoms with Crippen LogP contribution in [-0.2, 0) is 9.53 Å². The molecule has 0 aromatic rings. The molecule has 0 spiro atoms. The number of fused-ring (bicyclic) bond motifs is 1. The molecule has 0 aromatic heterocycles. The third kappa shape index (κ3) is 3.77. The second-order valence-electron chi connectivity index (χ2n) is 9.01. The molecule has 5 rings (SSSR count). The molecule has 4 aliphatic heterocycles. The van der Waals surface area contributed by atoms with Gasteiger partial charge in [-0.05, 0) is 36.8 Å². The molecule has 9 nitrogen and oxygen atoms in total. The molecule has 1 aliphatic carbocycles. The van der Waals surface area contributed by atoms with Crippen LogP contribution in [0, 0.1) is 11.8 Å². The van der Waals surface area contributed by atoms with Crippen LogP contribution in [0.1, 0.15) is 13.3 Å². The number of amides is 1. The Kier molecular flexibility index (Phi) is 4.92. The van der Waals surface area contributed by atoms with Crippen molar-refractivity contribution in [2.45, 2.75) is 35.8 Å². The van der Waals surface area contributed by atoms with E-state index in [9.17, 15) is 4.79 Å². The molecule has 4 unspecified atom stereocenters. The molecule has 5 aliphatic rings. The molecule has 2 saturated heterocycles. The lowest BCUT2D eigenvalue weighted by atomic mass is 10.1. The predicted molar refractivity (Wildman–Crippen MR) is 116 cm³/mol. The molecule has 4 heterocycles. The number of piperidine rings is 1. The number of dihydropyridines is 1. The van der Waals surface area contributed by atoms with Gasteiger partial charge in [-0.15, -0.1) is 11.8 Å². The molecule has 0 radical (unpaired) electrons.